The Labute approximate surface area is 220 Å². The lowest BCUT2D eigenvalue weighted by Crippen LogP contribution is -2.46. The van der Waals surface area contributed by atoms with Crippen LogP contribution in [0.2, 0.25) is 0 Å². The van der Waals surface area contributed by atoms with Gasteiger partial charge in [-0.15, -0.1) is 0 Å². The summed E-state index contributed by atoms with van der Waals surface area (Å²) in [7, 11) is 0. The lowest BCUT2D eigenvalue weighted by Gasteiger charge is -2.38. The van der Waals surface area contributed by atoms with Gasteiger partial charge in [0, 0.05) is 30.9 Å². The molecule has 3 atom stereocenters. The van der Waals surface area contributed by atoms with Crippen molar-refractivity contribution < 1.29 is 33.3 Å². The molecule has 0 aromatic carbocycles. The molecule has 2 N–H and O–H groups in total. The molecular formula is C28H44N2O7. The third-order valence-corrected chi connectivity index (χ3v) is 6.15. The predicted molar refractivity (Wildman–Crippen MR) is 140 cm³/mol. The van der Waals surface area contributed by atoms with Gasteiger partial charge in [0.25, 0.3) is 0 Å². The van der Waals surface area contributed by atoms with Crippen molar-refractivity contribution in [3.8, 4) is 0 Å². The van der Waals surface area contributed by atoms with Crippen molar-refractivity contribution in [2.45, 2.75) is 109 Å². The maximum absolute atomic E-state index is 12.2. The number of hydrogen-bond acceptors (Lipinski definition) is 7. The number of amides is 2. The molecule has 0 aromatic rings. The largest absolute Gasteiger partial charge is 0.442 e. The molecule has 0 unspecified atom stereocenters. The SMILES string of the molecule is CC(/C=C/[C@@H]1C[C@]2(CO2)CC(C)(C)O1)=C\C[C@H]1OC[C@@H](NC(=O)/C=C\[C@H](C)OC(=O)NC(C)(C)C)CO1. The molecule has 3 aliphatic heterocycles. The van der Waals surface area contributed by atoms with Crippen molar-refractivity contribution >= 4 is 12.0 Å². The van der Waals surface area contributed by atoms with E-state index in [1.807, 2.05) is 27.7 Å². The van der Waals surface area contributed by atoms with Crippen LogP contribution in [0.5, 0.6) is 0 Å². The Bertz CT molecular complexity index is 885. The topological polar surface area (TPSA) is 108 Å². The Morgan fingerprint density at radius 2 is 1.84 bits per heavy atom. The molecule has 0 radical (unpaired) electrons. The third-order valence-electron chi connectivity index (χ3n) is 6.15. The molecular weight excluding hydrogens is 476 g/mol. The standard InChI is InChI=1S/C28H44N2O7/c1-19(8-11-22-14-28(18-35-28)17-27(6,7)37-22)9-13-24-33-15-21(16-34-24)29-23(31)12-10-20(2)36-25(32)30-26(3,4)5/h8-12,20-22,24H,13-18H2,1-7H3,(H,29,31)(H,30,32)/b11-8+,12-10-,19-9+/t20-,21-,22+,24+,28+/m0/s1. The van der Waals surface area contributed by atoms with E-state index in [0.717, 1.165) is 25.0 Å². The third kappa shape index (κ3) is 10.6. The second-order valence-electron chi connectivity index (χ2n) is 12.0. The summed E-state index contributed by atoms with van der Waals surface area (Å²) in [5.74, 6) is -0.297. The fourth-order valence-corrected chi connectivity index (χ4v) is 4.52. The summed E-state index contributed by atoms with van der Waals surface area (Å²) in [4.78, 5) is 24.0. The van der Waals surface area contributed by atoms with Gasteiger partial charge in [-0.05, 0) is 54.5 Å². The molecule has 3 heterocycles. The first-order valence-corrected chi connectivity index (χ1v) is 13.1. The van der Waals surface area contributed by atoms with E-state index >= 15 is 0 Å². The average Bonchev–Trinajstić information content (AvgIpc) is 3.50. The number of epoxide rings is 1. The zero-order valence-electron chi connectivity index (χ0n) is 23.3. The summed E-state index contributed by atoms with van der Waals surface area (Å²) in [5, 5.41) is 5.55. The molecule has 37 heavy (non-hydrogen) atoms. The first-order valence-electron chi connectivity index (χ1n) is 13.1. The summed E-state index contributed by atoms with van der Waals surface area (Å²) in [5.41, 5.74) is 0.548. The van der Waals surface area contributed by atoms with Crippen LogP contribution in [0.15, 0.2) is 36.0 Å². The predicted octanol–water partition coefficient (Wildman–Crippen LogP) is 3.93. The summed E-state index contributed by atoms with van der Waals surface area (Å²) >= 11 is 0. The van der Waals surface area contributed by atoms with Gasteiger partial charge in [0.2, 0.25) is 5.91 Å². The zero-order chi connectivity index (χ0) is 27.3. The minimum atomic E-state index is -0.542. The number of rotatable bonds is 8. The van der Waals surface area contributed by atoms with Gasteiger partial charge in [-0.2, -0.15) is 0 Å². The van der Waals surface area contributed by atoms with Crippen LogP contribution in [0.4, 0.5) is 4.79 Å². The Morgan fingerprint density at radius 3 is 2.46 bits per heavy atom. The highest BCUT2D eigenvalue weighted by Crippen LogP contribution is 2.46. The van der Waals surface area contributed by atoms with Gasteiger partial charge in [-0.3, -0.25) is 4.79 Å². The van der Waals surface area contributed by atoms with Gasteiger partial charge in [0.15, 0.2) is 6.29 Å². The number of allylic oxidation sites excluding steroid dienone is 2. The molecule has 0 bridgehead atoms. The van der Waals surface area contributed by atoms with Crippen molar-refractivity contribution in [1.29, 1.82) is 0 Å². The highest BCUT2D eigenvalue weighted by Gasteiger charge is 2.53. The summed E-state index contributed by atoms with van der Waals surface area (Å²) in [6.07, 6.45) is 10.2. The Balaban J connectivity index is 1.34. The second-order valence-corrected chi connectivity index (χ2v) is 12.0. The smallest absolute Gasteiger partial charge is 0.408 e. The highest BCUT2D eigenvalue weighted by atomic mass is 16.7. The molecule has 208 valence electrons. The van der Waals surface area contributed by atoms with Gasteiger partial charge in [0.05, 0.1) is 43.2 Å². The average molecular weight is 521 g/mol. The van der Waals surface area contributed by atoms with E-state index in [1.54, 1.807) is 6.92 Å². The lowest BCUT2D eigenvalue weighted by molar-refractivity contribution is -0.187. The van der Waals surface area contributed by atoms with Crippen LogP contribution in [0, 0.1) is 0 Å². The van der Waals surface area contributed by atoms with E-state index in [-0.39, 0.29) is 35.5 Å². The quantitative estimate of drug-likeness (QED) is 0.284. The van der Waals surface area contributed by atoms with Crippen LogP contribution < -0.4 is 10.6 Å². The van der Waals surface area contributed by atoms with Crippen LogP contribution in [0.1, 0.15) is 67.7 Å². The fourth-order valence-electron chi connectivity index (χ4n) is 4.52. The van der Waals surface area contributed by atoms with E-state index in [4.69, 9.17) is 23.7 Å². The minimum Gasteiger partial charge on any atom is -0.442 e. The summed E-state index contributed by atoms with van der Waals surface area (Å²) in [6.45, 7) is 15.1. The first kappa shape index (κ1) is 29.4. The van der Waals surface area contributed by atoms with Crippen LogP contribution in [0.25, 0.3) is 0 Å². The number of alkyl carbamates (subject to hydrolysis) is 1. The van der Waals surface area contributed by atoms with Crippen molar-refractivity contribution in [2.24, 2.45) is 0 Å². The maximum Gasteiger partial charge on any atom is 0.408 e. The Hall–Kier alpha value is -2.20. The minimum absolute atomic E-state index is 0.00847. The van der Waals surface area contributed by atoms with E-state index < -0.39 is 17.7 Å². The number of nitrogens with one attached hydrogen (secondary N) is 2. The van der Waals surface area contributed by atoms with Crippen molar-refractivity contribution in [3.05, 3.63) is 36.0 Å². The van der Waals surface area contributed by atoms with Crippen LogP contribution >= 0.6 is 0 Å². The Kier molecular flexibility index (Phi) is 9.61. The summed E-state index contributed by atoms with van der Waals surface area (Å²) in [6, 6.07) is -0.248. The van der Waals surface area contributed by atoms with E-state index in [9.17, 15) is 9.59 Å². The van der Waals surface area contributed by atoms with Crippen molar-refractivity contribution in [3.63, 3.8) is 0 Å². The van der Waals surface area contributed by atoms with Crippen molar-refractivity contribution in [1.82, 2.24) is 10.6 Å². The maximum atomic E-state index is 12.2. The zero-order valence-corrected chi connectivity index (χ0v) is 23.3. The number of carbonyl (C=O) groups is 2. The van der Waals surface area contributed by atoms with Crippen molar-refractivity contribution in [2.75, 3.05) is 19.8 Å². The molecule has 0 saturated carbocycles. The molecule has 2 amide bonds. The van der Waals surface area contributed by atoms with E-state index in [1.165, 1.54) is 12.2 Å². The van der Waals surface area contributed by atoms with E-state index in [0.29, 0.717) is 19.6 Å². The van der Waals surface area contributed by atoms with Gasteiger partial charge in [0.1, 0.15) is 6.10 Å². The molecule has 9 nitrogen and oxygen atoms in total. The molecule has 0 aromatic heterocycles. The molecule has 3 rings (SSSR count). The van der Waals surface area contributed by atoms with Crippen LogP contribution in [-0.4, -0.2) is 73.1 Å². The Morgan fingerprint density at radius 1 is 1.16 bits per heavy atom. The first-order chi connectivity index (χ1) is 17.2. The summed E-state index contributed by atoms with van der Waals surface area (Å²) < 4.78 is 28.7. The van der Waals surface area contributed by atoms with Gasteiger partial charge in [-0.25, -0.2) is 4.79 Å². The molecule has 1 spiro atoms. The molecule has 3 saturated heterocycles. The highest BCUT2D eigenvalue weighted by molar-refractivity contribution is 5.87. The fraction of sp³-hybridized carbons (Fsp3) is 0.714. The number of hydrogen-bond donors (Lipinski definition) is 2. The molecule has 3 aliphatic rings. The molecule has 9 heteroatoms. The van der Waals surface area contributed by atoms with Gasteiger partial charge >= 0.3 is 6.09 Å². The second kappa shape index (κ2) is 12.1. The van der Waals surface area contributed by atoms with Crippen LogP contribution in [-0.2, 0) is 28.5 Å². The molecule has 0 aliphatic carbocycles. The van der Waals surface area contributed by atoms with Gasteiger partial charge in [-0.1, -0.05) is 23.8 Å². The molecule has 3 fully saturated rings. The number of ether oxygens (including phenoxy) is 5. The lowest BCUT2D eigenvalue weighted by atomic mass is 9.85. The van der Waals surface area contributed by atoms with E-state index in [2.05, 4.69) is 42.7 Å². The van der Waals surface area contributed by atoms with Gasteiger partial charge < -0.3 is 34.3 Å². The monoisotopic (exact) mass is 520 g/mol. The van der Waals surface area contributed by atoms with Crippen LogP contribution in [0.3, 0.4) is 0 Å². The number of carbonyl (C=O) groups excluding carboxylic acids is 2. The normalized spacial score (nSPS) is 30.9.